The Kier molecular flexibility index (Phi) is 10.6. The maximum Gasteiger partial charge on any atom is 0.244 e. The van der Waals surface area contributed by atoms with E-state index in [1.165, 1.54) is 4.90 Å². The first-order chi connectivity index (χ1) is 16.2. The van der Waals surface area contributed by atoms with Gasteiger partial charge in [-0.15, -0.1) is 0 Å². The Labute approximate surface area is 204 Å². The standard InChI is InChI=1S/C26H37N3O4S/c1-5-7-18-27-26(31)23(6-2)28(19-17-22-14-9-8-10-15-22)25(30)20-29(34(4,32)33)24-16-12-11-13-21(24)3/h8-16,23H,5-7,17-20H2,1-4H3,(H,27,31). The highest BCUT2D eigenvalue weighted by molar-refractivity contribution is 7.92. The predicted molar refractivity (Wildman–Crippen MR) is 137 cm³/mol. The Morgan fingerprint density at radius 1 is 1.00 bits per heavy atom. The van der Waals surface area contributed by atoms with E-state index in [0.29, 0.717) is 31.6 Å². The van der Waals surface area contributed by atoms with Crippen LogP contribution in [0.15, 0.2) is 54.6 Å². The number of carbonyl (C=O) groups excluding carboxylic acids is 2. The first kappa shape index (κ1) is 27.4. The van der Waals surface area contributed by atoms with Crippen molar-refractivity contribution in [3.63, 3.8) is 0 Å². The van der Waals surface area contributed by atoms with Crippen molar-refractivity contribution in [2.45, 2.75) is 52.5 Å². The number of anilines is 1. The molecule has 0 heterocycles. The van der Waals surface area contributed by atoms with Crippen LogP contribution in [-0.2, 0) is 26.0 Å². The summed E-state index contributed by atoms with van der Waals surface area (Å²) in [5.41, 5.74) is 2.25. The first-order valence-electron chi connectivity index (χ1n) is 11.8. The van der Waals surface area contributed by atoms with Crippen molar-refractivity contribution < 1.29 is 18.0 Å². The molecule has 1 atom stereocenters. The predicted octanol–water partition coefficient (Wildman–Crippen LogP) is 3.53. The zero-order valence-corrected chi connectivity index (χ0v) is 21.5. The Hall–Kier alpha value is -2.87. The molecule has 0 saturated carbocycles. The Morgan fingerprint density at radius 3 is 2.24 bits per heavy atom. The Bertz CT molecular complexity index is 1040. The summed E-state index contributed by atoms with van der Waals surface area (Å²) in [6.45, 7) is 6.21. The number of aryl methyl sites for hydroxylation is 1. The summed E-state index contributed by atoms with van der Waals surface area (Å²) in [5.74, 6) is -0.610. The van der Waals surface area contributed by atoms with Crippen LogP contribution in [0.2, 0.25) is 0 Å². The Morgan fingerprint density at radius 2 is 1.65 bits per heavy atom. The lowest BCUT2D eigenvalue weighted by Crippen LogP contribution is -2.53. The van der Waals surface area contributed by atoms with Crippen LogP contribution in [0.4, 0.5) is 5.69 Å². The van der Waals surface area contributed by atoms with Gasteiger partial charge in [0.1, 0.15) is 12.6 Å². The minimum atomic E-state index is -3.72. The third-order valence-electron chi connectivity index (χ3n) is 5.76. The molecule has 34 heavy (non-hydrogen) atoms. The van der Waals surface area contributed by atoms with Gasteiger partial charge in [0.05, 0.1) is 11.9 Å². The number of hydrogen-bond acceptors (Lipinski definition) is 4. The fourth-order valence-electron chi connectivity index (χ4n) is 3.84. The van der Waals surface area contributed by atoms with Gasteiger partial charge in [0.25, 0.3) is 0 Å². The highest BCUT2D eigenvalue weighted by Crippen LogP contribution is 2.22. The van der Waals surface area contributed by atoms with Crippen LogP contribution in [0.25, 0.3) is 0 Å². The fourth-order valence-corrected chi connectivity index (χ4v) is 4.75. The van der Waals surface area contributed by atoms with E-state index in [-0.39, 0.29) is 12.5 Å². The molecule has 1 N–H and O–H groups in total. The molecule has 0 fully saturated rings. The second kappa shape index (κ2) is 13.1. The van der Waals surface area contributed by atoms with Crippen LogP contribution < -0.4 is 9.62 Å². The number of amides is 2. The van der Waals surface area contributed by atoms with E-state index < -0.39 is 22.0 Å². The van der Waals surface area contributed by atoms with Crippen LogP contribution in [0.1, 0.15) is 44.2 Å². The highest BCUT2D eigenvalue weighted by atomic mass is 32.2. The minimum Gasteiger partial charge on any atom is -0.354 e. The number of para-hydroxylation sites is 1. The van der Waals surface area contributed by atoms with Crippen molar-refractivity contribution >= 4 is 27.5 Å². The number of sulfonamides is 1. The van der Waals surface area contributed by atoms with E-state index in [4.69, 9.17) is 0 Å². The lowest BCUT2D eigenvalue weighted by Gasteiger charge is -2.33. The summed E-state index contributed by atoms with van der Waals surface area (Å²) >= 11 is 0. The average molecular weight is 488 g/mol. The maximum absolute atomic E-state index is 13.6. The molecule has 2 amide bonds. The molecule has 0 spiro atoms. The fraction of sp³-hybridized carbons (Fsp3) is 0.462. The number of nitrogens with zero attached hydrogens (tertiary/aromatic N) is 2. The monoisotopic (exact) mass is 487 g/mol. The smallest absolute Gasteiger partial charge is 0.244 e. The first-order valence-corrected chi connectivity index (χ1v) is 13.7. The molecule has 0 radical (unpaired) electrons. The largest absolute Gasteiger partial charge is 0.354 e. The number of rotatable bonds is 13. The quantitative estimate of drug-likeness (QED) is 0.438. The van der Waals surface area contributed by atoms with Crippen LogP contribution in [-0.4, -0.2) is 57.1 Å². The molecule has 0 aliphatic heterocycles. The lowest BCUT2D eigenvalue weighted by atomic mass is 10.1. The van der Waals surface area contributed by atoms with Crippen molar-refractivity contribution in [2.75, 3.05) is 30.2 Å². The minimum absolute atomic E-state index is 0.209. The topological polar surface area (TPSA) is 86.8 Å². The summed E-state index contributed by atoms with van der Waals surface area (Å²) in [6.07, 6.45) is 3.90. The van der Waals surface area contributed by atoms with E-state index in [0.717, 1.165) is 34.5 Å². The molecule has 2 aromatic carbocycles. The number of benzene rings is 2. The zero-order chi connectivity index (χ0) is 25.1. The van der Waals surface area contributed by atoms with Gasteiger partial charge in [-0.05, 0) is 43.4 Å². The van der Waals surface area contributed by atoms with Crippen LogP contribution >= 0.6 is 0 Å². The molecule has 1 unspecified atom stereocenters. The summed E-state index contributed by atoms with van der Waals surface area (Å²) in [4.78, 5) is 28.1. The van der Waals surface area contributed by atoms with Crippen molar-refractivity contribution in [3.8, 4) is 0 Å². The number of unbranched alkanes of at least 4 members (excludes halogenated alkanes) is 1. The molecule has 0 saturated heterocycles. The maximum atomic E-state index is 13.6. The lowest BCUT2D eigenvalue weighted by molar-refractivity contribution is -0.139. The Balaban J connectivity index is 2.33. The highest BCUT2D eigenvalue weighted by Gasteiger charge is 2.31. The molecule has 0 aliphatic carbocycles. The summed E-state index contributed by atoms with van der Waals surface area (Å²) in [5, 5.41) is 2.93. The van der Waals surface area contributed by atoms with E-state index in [9.17, 15) is 18.0 Å². The molecule has 0 aromatic heterocycles. The SMILES string of the molecule is CCCCNC(=O)C(CC)N(CCc1ccccc1)C(=O)CN(c1ccccc1C)S(C)(=O)=O. The van der Waals surface area contributed by atoms with Gasteiger partial charge in [0.2, 0.25) is 21.8 Å². The number of carbonyl (C=O) groups is 2. The van der Waals surface area contributed by atoms with Crippen LogP contribution in [0, 0.1) is 6.92 Å². The number of hydrogen-bond donors (Lipinski definition) is 1. The average Bonchev–Trinajstić information content (AvgIpc) is 2.80. The van der Waals surface area contributed by atoms with E-state index >= 15 is 0 Å². The molecule has 2 rings (SSSR count). The van der Waals surface area contributed by atoms with Gasteiger partial charge in [-0.3, -0.25) is 13.9 Å². The third-order valence-corrected chi connectivity index (χ3v) is 6.89. The molecule has 0 bridgehead atoms. The summed E-state index contributed by atoms with van der Waals surface area (Å²) in [6, 6.07) is 16.1. The second-order valence-electron chi connectivity index (χ2n) is 8.45. The van der Waals surface area contributed by atoms with Crippen molar-refractivity contribution in [1.29, 1.82) is 0 Å². The van der Waals surface area contributed by atoms with Gasteiger partial charge in [0.15, 0.2) is 0 Å². The normalized spacial score (nSPS) is 12.1. The molecular weight excluding hydrogens is 450 g/mol. The van der Waals surface area contributed by atoms with E-state index in [1.54, 1.807) is 25.1 Å². The molecule has 7 nitrogen and oxygen atoms in total. The van der Waals surface area contributed by atoms with Crippen LogP contribution in [0.5, 0.6) is 0 Å². The molecule has 186 valence electrons. The second-order valence-corrected chi connectivity index (χ2v) is 10.4. The van der Waals surface area contributed by atoms with Crippen molar-refractivity contribution in [1.82, 2.24) is 10.2 Å². The van der Waals surface area contributed by atoms with E-state index in [2.05, 4.69) is 5.32 Å². The van der Waals surface area contributed by atoms with E-state index in [1.807, 2.05) is 50.2 Å². The molecule has 8 heteroatoms. The van der Waals surface area contributed by atoms with Gasteiger partial charge in [0, 0.05) is 13.1 Å². The van der Waals surface area contributed by atoms with Crippen LogP contribution in [0.3, 0.4) is 0 Å². The van der Waals surface area contributed by atoms with Gasteiger partial charge in [-0.2, -0.15) is 0 Å². The zero-order valence-electron chi connectivity index (χ0n) is 20.7. The van der Waals surface area contributed by atoms with Gasteiger partial charge in [-0.25, -0.2) is 8.42 Å². The number of nitrogens with one attached hydrogen (secondary N) is 1. The summed E-state index contributed by atoms with van der Waals surface area (Å²) in [7, 11) is -3.72. The third kappa shape index (κ3) is 7.87. The summed E-state index contributed by atoms with van der Waals surface area (Å²) < 4.78 is 26.4. The molecular formula is C26H37N3O4S. The van der Waals surface area contributed by atoms with Crippen molar-refractivity contribution in [2.24, 2.45) is 0 Å². The van der Waals surface area contributed by atoms with Gasteiger partial charge in [-0.1, -0.05) is 68.8 Å². The molecule has 0 aliphatic rings. The van der Waals surface area contributed by atoms with Crippen molar-refractivity contribution in [3.05, 3.63) is 65.7 Å². The van der Waals surface area contributed by atoms with Gasteiger partial charge >= 0.3 is 0 Å². The molecule has 2 aromatic rings. The van der Waals surface area contributed by atoms with Gasteiger partial charge < -0.3 is 10.2 Å².